The van der Waals surface area contributed by atoms with E-state index >= 15 is 0 Å². The Morgan fingerprint density at radius 1 is 1.14 bits per heavy atom. The lowest BCUT2D eigenvalue weighted by Crippen LogP contribution is -2.21. The van der Waals surface area contributed by atoms with Crippen molar-refractivity contribution in [3.63, 3.8) is 0 Å². The van der Waals surface area contributed by atoms with Gasteiger partial charge in [-0.3, -0.25) is 9.20 Å². The second kappa shape index (κ2) is 7.24. The molecule has 4 rings (SSSR count). The van der Waals surface area contributed by atoms with E-state index in [1.807, 2.05) is 35.8 Å². The lowest BCUT2D eigenvalue weighted by atomic mass is 10.2. The average molecular weight is 442 g/mol. The summed E-state index contributed by atoms with van der Waals surface area (Å²) in [6.45, 7) is 2.08. The Labute approximate surface area is 169 Å². The Morgan fingerprint density at radius 2 is 1.86 bits per heavy atom. The third-order valence-corrected chi connectivity index (χ3v) is 5.64. The van der Waals surface area contributed by atoms with Crippen LogP contribution in [0.3, 0.4) is 0 Å². The minimum absolute atomic E-state index is 0.204. The van der Waals surface area contributed by atoms with Gasteiger partial charge in [0.2, 0.25) is 5.78 Å². The molecular weight excluding hydrogens is 425 g/mol. The normalized spacial score (nSPS) is 11.1. The number of rotatable bonds is 4. The molecule has 0 N–H and O–H groups in total. The molecule has 0 bridgehead atoms. The van der Waals surface area contributed by atoms with E-state index < -0.39 is 0 Å². The minimum Gasteiger partial charge on any atom is -0.497 e. The smallest absolute Gasteiger partial charge is 0.273 e. The quantitative estimate of drug-likeness (QED) is 0.470. The lowest BCUT2D eigenvalue weighted by Gasteiger charge is -2.14. The number of hydrogen-bond acceptors (Lipinski definition) is 3. The number of benzene rings is 2. The van der Waals surface area contributed by atoms with Crippen molar-refractivity contribution in [2.75, 3.05) is 7.11 Å². The largest absolute Gasteiger partial charge is 0.497 e. The van der Waals surface area contributed by atoms with Crippen molar-refractivity contribution in [1.29, 1.82) is 0 Å². The number of aromatic nitrogens is 3. The fourth-order valence-electron chi connectivity index (χ4n) is 3.13. The molecule has 5 nitrogen and oxygen atoms in total. The fourth-order valence-corrected chi connectivity index (χ4v) is 3.53. The average Bonchev–Trinajstić information content (AvgIpc) is 3.16. The molecule has 0 atom stereocenters. The van der Waals surface area contributed by atoms with Crippen LogP contribution in [0.1, 0.15) is 11.3 Å². The van der Waals surface area contributed by atoms with Crippen LogP contribution < -0.4 is 10.3 Å². The topological polar surface area (TPSA) is 48.5 Å². The van der Waals surface area contributed by atoms with Gasteiger partial charge in [0.1, 0.15) is 16.0 Å². The summed E-state index contributed by atoms with van der Waals surface area (Å²) in [6, 6.07) is 14.0. The summed E-state index contributed by atoms with van der Waals surface area (Å²) >= 11 is 3.38. The number of imidazole rings is 1. The molecule has 142 valence electrons. The number of nitrogens with zero attached hydrogens (tertiary/aromatic N) is 3. The van der Waals surface area contributed by atoms with Gasteiger partial charge in [0.15, 0.2) is 0 Å². The number of ether oxygens (including phenoxy) is 1. The van der Waals surface area contributed by atoms with Gasteiger partial charge in [-0.25, -0.2) is 9.37 Å². The first-order valence-electron chi connectivity index (χ1n) is 8.65. The predicted molar refractivity (Wildman–Crippen MR) is 109 cm³/mol. The molecule has 0 unspecified atom stereocenters. The summed E-state index contributed by atoms with van der Waals surface area (Å²) in [4.78, 5) is 17.4. The SMILES string of the molecule is COc1ccc(-c2cn3c(=O)c(Br)c(C)n(Cc4ccccc4F)c3n2)cc1. The molecule has 0 aliphatic rings. The number of methoxy groups -OCH3 is 1. The minimum atomic E-state index is -0.295. The van der Waals surface area contributed by atoms with Crippen molar-refractivity contribution < 1.29 is 9.13 Å². The van der Waals surface area contributed by atoms with Gasteiger partial charge in [-0.1, -0.05) is 18.2 Å². The van der Waals surface area contributed by atoms with Gasteiger partial charge in [0.05, 0.1) is 19.3 Å². The molecule has 28 heavy (non-hydrogen) atoms. The van der Waals surface area contributed by atoms with Gasteiger partial charge in [0, 0.05) is 23.0 Å². The van der Waals surface area contributed by atoms with Crippen molar-refractivity contribution in [2.24, 2.45) is 0 Å². The van der Waals surface area contributed by atoms with E-state index in [0.29, 0.717) is 27.2 Å². The highest BCUT2D eigenvalue weighted by Gasteiger charge is 2.17. The van der Waals surface area contributed by atoms with Crippen LogP contribution in [0, 0.1) is 12.7 Å². The molecule has 0 saturated heterocycles. The highest BCUT2D eigenvalue weighted by molar-refractivity contribution is 9.10. The van der Waals surface area contributed by atoms with Gasteiger partial charge < -0.3 is 9.30 Å². The second-order valence-corrected chi connectivity index (χ2v) is 7.20. The molecule has 0 amide bonds. The van der Waals surface area contributed by atoms with E-state index in [0.717, 1.165) is 11.3 Å². The first-order valence-corrected chi connectivity index (χ1v) is 9.44. The van der Waals surface area contributed by atoms with Crippen LogP contribution in [0.15, 0.2) is 64.0 Å². The Balaban J connectivity index is 1.90. The number of fused-ring (bicyclic) bond motifs is 1. The monoisotopic (exact) mass is 441 g/mol. The maximum absolute atomic E-state index is 14.2. The van der Waals surface area contributed by atoms with Crippen LogP contribution in [0.25, 0.3) is 17.0 Å². The van der Waals surface area contributed by atoms with Crippen LogP contribution in [-0.2, 0) is 6.54 Å². The van der Waals surface area contributed by atoms with E-state index in [2.05, 4.69) is 20.9 Å². The highest BCUT2D eigenvalue weighted by atomic mass is 79.9. The first-order chi connectivity index (χ1) is 13.5. The van der Waals surface area contributed by atoms with E-state index in [4.69, 9.17) is 4.74 Å². The maximum Gasteiger partial charge on any atom is 0.273 e. The second-order valence-electron chi connectivity index (χ2n) is 6.41. The maximum atomic E-state index is 14.2. The molecule has 0 radical (unpaired) electrons. The molecule has 0 saturated carbocycles. The van der Waals surface area contributed by atoms with E-state index in [9.17, 15) is 9.18 Å². The van der Waals surface area contributed by atoms with Crippen LogP contribution in [0.5, 0.6) is 5.75 Å². The number of hydrogen-bond donors (Lipinski definition) is 0. The Kier molecular flexibility index (Phi) is 4.77. The summed E-state index contributed by atoms with van der Waals surface area (Å²) in [7, 11) is 1.61. The van der Waals surface area contributed by atoms with Gasteiger partial charge >= 0.3 is 0 Å². The molecule has 0 spiro atoms. The van der Waals surface area contributed by atoms with Crippen LogP contribution in [0.2, 0.25) is 0 Å². The Morgan fingerprint density at radius 3 is 2.54 bits per heavy atom. The zero-order chi connectivity index (χ0) is 19.8. The molecule has 2 aromatic carbocycles. The zero-order valence-corrected chi connectivity index (χ0v) is 16.9. The van der Waals surface area contributed by atoms with Crippen molar-refractivity contribution in [1.82, 2.24) is 14.0 Å². The van der Waals surface area contributed by atoms with E-state index in [1.54, 1.807) is 31.5 Å². The zero-order valence-electron chi connectivity index (χ0n) is 15.3. The van der Waals surface area contributed by atoms with Crippen molar-refractivity contribution >= 4 is 21.7 Å². The lowest BCUT2D eigenvalue weighted by molar-refractivity contribution is 0.415. The van der Waals surface area contributed by atoms with Crippen molar-refractivity contribution in [3.8, 4) is 17.0 Å². The summed E-state index contributed by atoms with van der Waals surface area (Å²) in [5.74, 6) is 0.904. The summed E-state index contributed by atoms with van der Waals surface area (Å²) in [5, 5.41) is 0. The van der Waals surface area contributed by atoms with Crippen LogP contribution >= 0.6 is 15.9 Å². The van der Waals surface area contributed by atoms with Crippen LogP contribution in [-0.4, -0.2) is 21.1 Å². The van der Waals surface area contributed by atoms with E-state index in [-0.39, 0.29) is 17.9 Å². The standard InChI is InChI=1S/C21H17BrFN3O2/c1-13-19(22)20(27)26-12-18(14-7-9-16(28-2)10-8-14)24-21(26)25(13)11-15-5-3-4-6-17(15)23/h3-10,12H,11H2,1-2H3. The molecule has 7 heteroatoms. The summed E-state index contributed by atoms with van der Waals surface area (Å²) < 4.78 is 23.1. The fraction of sp³-hybridized carbons (Fsp3) is 0.143. The molecule has 0 aliphatic carbocycles. The predicted octanol–water partition coefficient (Wildman–Crippen LogP) is 4.43. The third-order valence-electron chi connectivity index (χ3n) is 4.73. The van der Waals surface area contributed by atoms with E-state index in [1.165, 1.54) is 10.5 Å². The Bertz CT molecular complexity index is 1230. The molecular formula is C21H17BrFN3O2. The van der Waals surface area contributed by atoms with Gasteiger partial charge in [-0.05, 0) is 53.2 Å². The van der Waals surface area contributed by atoms with Gasteiger partial charge in [-0.15, -0.1) is 0 Å². The first kappa shape index (κ1) is 18.4. The van der Waals surface area contributed by atoms with Crippen LogP contribution in [0.4, 0.5) is 4.39 Å². The third kappa shape index (κ3) is 3.11. The summed E-state index contributed by atoms with van der Waals surface area (Å²) in [6.07, 6.45) is 1.70. The van der Waals surface area contributed by atoms with Crippen molar-refractivity contribution in [3.05, 3.63) is 86.6 Å². The molecule has 0 fully saturated rings. The van der Waals surface area contributed by atoms with Crippen molar-refractivity contribution in [2.45, 2.75) is 13.5 Å². The molecule has 0 aliphatic heterocycles. The number of halogens is 2. The summed E-state index contributed by atoms with van der Waals surface area (Å²) in [5.41, 5.74) is 2.52. The molecule has 2 aromatic heterocycles. The Hall–Kier alpha value is -2.93. The highest BCUT2D eigenvalue weighted by Crippen LogP contribution is 2.24. The van der Waals surface area contributed by atoms with Gasteiger partial charge in [0.25, 0.3) is 5.56 Å². The molecule has 2 heterocycles. The van der Waals surface area contributed by atoms with Gasteiger partial charge in [-0.2, -0.15) is 0 Å². The molecule has 4 aromatic rings.